The molecule has 0 fully saturated rings. The zero-order valence-electron chi connectivity index (χ0n) is 15.0. The number of nitrogens with zero attached hydrogens (tertiary/aromatic N) is 3. The Morgan fingerprint density at radius 2 is 2.12 bits per heavy atom. The van der Waals surface area contributed by atoms with Gasteiger partial charge in [-0.25, -0.2) is 4.98 Å². The minimum atomic E-state index is -0.316. The first-order chi connectivity index (χ1) is 11.9. The second kappa shape index (κ2) is 9.15. The molecule has 2 rings (SSSR count). The lowest BCUT2D eigenvalue weighted by atomic mass is 10.0. The van der Waals surface area contributed by atoms with Crippen LogP contribution in [0, 0.1) is 5.92 Å². The van der Waals surface area contributed by atoms with Crippen molar-refractivity contribution in [1.29, 1.82) is 0 Å². The summed E-state index contributed by atoms with van der Waals surface area (Å²) in [4.78, 5) is 19.2. The molecule has 1 aromatic carbocycles. The third-order valence-electron chi connectivity index (χ3n) is 4.19. The summed E-state index contributed by atoms with van der Waals surface area (Å²) in [5.41, 5.74) is 1.02. The van der Waals surface area contributed by atoms with Gasteiger partial charge < -0.3 is 14.6 Å². The van der Waals surface area contributed by atoms with Gasteiger partial charge in [-0.05, 0) is 37.0 Å². The maximum absolute atomic E-state index is 13.3. The van der Waals surface area contributed by atoms with Gasteiger partial charge in [-0.3, -0.25) is 4.79 Å². The largest absolute Gasteiger partial charge is 0.394 e. The summed E-state index contributed by atoms with van der Waals surface area (Å²) in [5.74, 6) is 0.377. The minimum absolute atomic E-state index is 0.00762. The Morgan fingerprint density at radius 1 is 1.36 bits per heavy atom. The molecule has 1 aromatic heterocycles. The van der Waals surface area contributed by atoms with Crippen LogP contribution in [0.1, 0.15) is 38.8 Å². The zero-order chi connectivity index (χ0) is 18.4. The van der Waals surface area contributed by atoms with E-state index in [2.05, 4.69) is 34.8 Å². The summed E-state index contributed by atoms with van der Waals surface area (Å²) in [5, 5.41) is 9.66. The molecular weight excluding hydrogens is 382 g/mol. The Balaban J connectivity index is 2.29. The van der Waals surface area contributed by atoms with E-state index in [-0.39, 0.29) is 24.6 Å². The lowest BCUT2D eigenvalue weighted by molar-refractivity contribution is -0.139. The van der Waals surface area contributed by atoms with Crippen LogP contribution in [0.2, 0.25) is 0 Å². The van der Waals surface area contributed by atoms with Crippen molar-refractivity contribution in [3.8, 4) is 0 Å². The molecule has 136 valence electrons. The minimum Gasteiger partial charge on any atom is -0.394 e. The standard InChI is InChI=1S/C19H26BrN3O2/c1-14(2)9-18(22-8-7-21-13-22)19(25)23(15(3)12-24)11-16-5-4-6-17(20)10-16/h4-8,10,13-15,18,24H,9,11-12H2,1-3H3. The van der Waals surface area contributed by atoms with Crippen molar-refractivity contribution in [1.82, 2.24) is 14.5 Å². The lowest BCUT2D eigenvalue weighted by Gasteiger charge is -2.33. The van der Waals surface area contributed by atoms with Crippen molar-refractivity contribution in [2.45, 2.75) is 45.8 Å². The summed E-state index contributed by atoms with van der Waals surface area (Å²) in [7, 11) is 0. The maximum Gasteiger partial charge on any atom is 0.246 e. The average Bonchev–Trinajstić information content (AvgIpc) is 3.10. The molecule has 0 saturated heterocycles. The molecule has 1 heterocycles. The highest BCUT2D eigenvalue weighted by Gasteiger charge is 2.29. The molecule has 2 unspecified atom stereocenters. The molecule has 1 N–H and O–H groups in total. The maximum atomic E-state index is 13.3. The highest BCUT2D eigenvalue weighted by molar-refractivity contribution is 9.10. The number of carbonyl (C=O) groups is 1. The Bertz CT molecular complexity index is 673. The van der Waals surface area contributed by atoms with Gasteiger partial charge in [-0.15, -0.1) is 0 Å². The molecule has 2 aromatic rings. The van der Waals surface area contributed by atoms with Gasteiger partial charge in [0.2, 0.25) is 5.91 Å². The van der Waals surface area contributed by atoms with E-state index in [9.17, 15) is 9.90 Å². The van der Waals surface area contributed by atoms with Gasteiger partial charge in [-0.2, -0.15) is 0 Å². The summed E-state index contributed by atoms with van der Waals surface area (Å²) >= 11 is 3.47. The molecule has 6 heteroatoms. The summed E-state index contributed by atoms with van der Waals surface area (Å²) in [6.07, 6.45) is 5.93. The van der Waals surface area contributed by atoms with E-state index in [1.165, 1.54) is 0 Å². The SMILES string of the molecule is CC(C)CC(C(=O)N(Cc1cccc(Br)c1)C(C)CO)n1ccnc1. The predicted molar refractivity (Wildman–Crippen MR) is 102 cm³/mol. The van der Waals surface area contributed by atoms with Crippen LogP contribution in [0.3, 0.4) is 0 Å². The van der Waals surface area contributed by atoms with Crippen molar-refractivity contribution < 1.29 is 9.90 Å². The van der Waals surface area contributed by atoms with Crippen molar-refractivity contribution in [3.05, 3.63) is 53.0 Å². The molecule has 0 aliphatic rings. The molecule has 0 aliphatic carbocycles. The molecule has 0 radical (unpaired) electrons. The van der Waals surface area contributed by atoms with E-state index in [1.54, 1.807) is 17.4 Å². The van der Waals surface area contributed by atoms with Gasteiger partial charge in [-0.1, -0.05) is 41.9 Å². The quantitative estimate of drug-likeness (QED) is 0.726. The number of halogens is 1. The fourth-order valence-electron chi connectivity index (χ4n) is 2.82. The summed E-state index contributed by atoms with van der Waals surface area (Å²) in [6.45, 7) is 6.47. The van der Waals surface area contributed by atoms with Crippen molar-refractivity contribution in [2.75, 3.05) is 6.61 Å². The van der Waals surface area contributed by atoms with Crippen LogP contribution in [0.25, 0.3) is 0 Å². The van der Waals surface area contributed by atoms with Gasteiger partial charge in [0.1, 0.15) is 6.04 Å². The molecule has 0 spiro atoms. The fourth-order valence-corrected chi connectivity index (χ4v) is 3.27. The molecule has 2 atom stereocenters. The predicted octanol–water partition coefficient (Wildman–Crippen LogP) is 3.64. The fraction of sp³-hybridized carbons (Fsp3) is 0.474. The molecule has 0 aliphatic heterocycles. The number of aromatic nitrogens is 2. The average molecular weight is 408 g/mol. The van der Waals surface area contributed by atoms with Crippen molar-refractivity contribution >= 4 is 21.8 Å². The van der Waals surface area contributed by atoms with Gasteiger partial charge in [0.15, 0.2) is 0 Å². The van der Waals surface area contributed by atoms with Crippen LogP contribution < -0.4 is 0 Å². The molecule has 0 saturated carbocycles. The van der Waals surface area contributed by atoms with Gasteiger partial charge in [0, 0.05) is 23.4 Å². The van der Waals surface area contributed by atoms with E-state index in [1.807, 2.05) is 42.0 Å². The summed E-state index contributed by atoms with van der Waals surface area (Å²) < 4.78 is 2.84. The molecule has 25 heavy (non-hydrogen) atoms. The molecular formula is C19H26BrN3O2. The number of carbonyl (C=O) groups excluding carboxylic acids is 1. The first kappa shape index (κ1) is 19.7. The second-order valence-electron chi connectivity index (χ2n) is 6.78. The Kier molecular flexibility index (Phi) is 7.20. The number of benzene rings is 1. The number of aliphatic hydroxyl groups is 1. The topological polar surface area (TPSA) is 58.4 Å². The molecule has 1 amide bonds. The zero-order valence-corrected chi connectivity index (χ0v) is 16.6. The monoisotopic (exact) mass is 407 g/mol. The van der Waals surface area contributed by atoms with E-state index in [4.69, 9.17) is 0 Å². The van der Waals surface area contributed by atoms with Crippen LogP contribution in [0.4, 0.5) is 0 Å². The van der Waals surface area contributed by atoms with E-state index < -0.39 is 0 Å². The van der Waals surface area contributed by atoms with Gasteiger partial charge in [0.25, 0.3) is 0 Å². The number of rotatable bonds is 8. The van der Waals surface area contributed by atoms with E-state index >= 15 is 0 Å². The highest BCUT2D eigenvalue weighted by atomic mass is 79.9. The first-order valence-electron chi connectivity index (χ1n) is 8.55. The van der Waals surface area contributed by atoms with Crippen LogP contribution >= 0.6 is 15.9 Å². The smallest absolute Gasteiger partial charge is 0.246 e. The van der Waals surface area contributed by atoms with Gasteiger partial charge in [0.05, 0.1) is 19.0 Å². The highest BCUT2D eigenvalue weighted by Crippen LogP contribution is 2.23. The second-order valence-corrected chi connectivity index (χ2v) is 7.70. The Labute approximate surface area is 157 Å². The number of hydrogen-bond donors (Lipinski definition) is 1. The van der Waals surface area contributed by atoms with Crippen LogP contribution in [0.5, 0.6) is 0 Å². The van der Waals surface area contributed by atoms with E-state index in [0.29, 0.717) is 12.5 Å². The number of amides is 1. The van der Waals surface area contributed by atoms with Crippen LogP contribution in [0.15, 0.2) is 47.5 Å². The van der Waals surface area contributed by atoms with Gasteiger partial charge >= 0.3 is 0 Å². The number of aliphatic hydroxyl groups excluding tert-OH is 1. The number of hydrogen-bond acceptors (Lipinski definition) is 3. The molecule has 0 bridgehead atoms. The van der Waals surface area contributed by atoms with Crippen LogP contribution in [-0.2, 0) is 11.3 Å². The normalized spacial score (nSPS) is 13.7. The lowest BCUT2D eigenvalue weighted by Crippen LogP contribution is -2.44. The molecule has 5 nitrogen and oxygen atoms in total. The van der Waals surface area contributed by atoms with E-state index in [0.717, 1.165) is 16.5 Å². The number of imidazole rings is 1. The van der Waals surface area contributed by atoms with Crippen LogP contribution in [-0.4, -0.2) is 38.1 Å². The summed E-state index contributed by atoms with van der Waals surface area (Å²) in [6, 6.07) is 7.32. The van der Waals surface area contributed by atoms with Crippen molar-refractivity contribution in [3.63, 3.8) is 0 Å². The van der Waals surface area contributed by atoms with Crippen molar-refractivity contribution in [2.24, 2.45) is 5.92 Å². The third-order valence-corrected chi connectivity index (χ3v) is 4.68. The third kappa shape index (κ3) is 5.41. The first-order valence-corrected chi connectivity index (χ1v) is 9.35. The Hall–Kier alpha value is -1.66. The Morgan fingerprint density at radius 3 is 2.68 bits per heavy atom.